The SMILES string of the molecule is C1=CCCC(n2c3ccccc3c3ccc([Si](c4ccccc4)(c4ccccn4)C4C=CCCC4)cc32)=C1. The lowest BCUT2D eigenvalue weighted by molar-refractivity contribution is 0.718. The summed E-state index contributed by atoms with van der Waals surface area (Å²) in [4.78, 5) is 5.11. The number of pyridine rings is 1. The summed E-state index contributed by atoms with van der Waals surface area (Å²) >= 11 is 0. The van der Waals surface area contributed by atoms with E-state index in [0.717, 1.165) is 12.8 Å². The topological polar surface area (TPSA) is 17.8 Å². The lowest BCUT2D eigenvalue weighted by atomic mass is 10.1. The van der Waals surface area contributed by atoms with Crippen LogP contribution in [0.15, 0.2) is 128 Å². The highest BCUT2D eigenvalue weighted by Crippen LogP contribution is 2.36. The molecule has 0 N–H and O–H groups in total. The average molecular weight is 509 g/mol. The van der Waals surface area contributed by atoms with E-state index in [9.17, 15) is 0 Å². The lowest BCUT2D eigenvalue weighted by Crippen LogP contribution is -2.70. The van der Waals surface area contributed by atoms with Crippen LogP contribution in [0.4, 0.5) is 0 Å². The van der Waals surface area contributed by atoms with Gasteiger partial charge in [0.1, 0.15) is 0 Å². The molecular formula is C35H32N2Si. The van der Waals surface area contributed by atoms with Crippen LogP contribution < -0.4 is 15.7 Å². The van der Waals surface area contributed by atoms with Gasteiger partial charge in [0.2, 0.25) is 0 Å². The minimum atomic E-state index is -2.51. The summed E-state index contributed by atoms with van der Waals surface area (Å²) in [5.41, 5.74) is 4.44. The van der Waals surface area contributed by atoms with Crippen LogP contribution in [0.5, 0.6) is 0 Å². The van der Waals surface area contributed by atoms with Crippen molar-refractivity contribution < 1.29 is 0 Å². The molecule has 2 aliphatic rings. The Morgan fingerprint density at radius 3 is 2.37 bits per heavy atom. The minimum Gasteiger partial charge on any atom is -0.313 e. The molecule has 38 heavy (non-hydrogen) atoms. The van der Waals surface area contributed by atoms with Crippen LogP contribution in [0.1, 0.15) is 32.1 Å². The second-order valence-corrected chi connectivity index (χ2v) is 14.6. The third-order valence-electron chi connectivity index (χ3n) is 8.52. The number of para-hydroxylation sites is 1. The standard InChI is InChI=1S/C35H32N2Si/c1-4-14-27(15-5-1)37-33-21-11-10-20-31(33)32-24-23-30(26-34(32)37)38(28-16-6-2-7-17-28,29-18-8-3-9-19-29)35-22-12-13-25-36-35/h1-2,4,6-8,10-14,16-18,20-26,29H,3,5,9,15,19H2. The molecular weight excluding hydrogens is 476 g/mol. The van der Waals surface area contributed by atoms with Gasteiger partial charge in [-0.1, -0.05) is 91.0 Å². The molecule has 2 aliphatic carbocycles. The van der Waals surface area contributed by atoms with Gasteiger partial charge >= 0.3 is 0 Å². The van der Waals surface area contributed by atoms with Gasteiger partial charge in [-0.3, -0.25) is 4.98 Å². The fraction of sp³-hybridized carbons (Fsp3) is 0.171. The summed E-state index contributed by atoms with van der Waals surface area (Å²) in [5.74, 6) is 0. The average Bonchev–Trinajstić information content (AvgIpc) is 3.33. The quantitative estimate of drug-likeness (QED) is 0.185. The number of hydrogen-bond acceptors (Lipinski definition) is 1. The molecule has 7 rings (SSSR count). The van der Waals surface area contributed by atoms with Crippen LogP contribution in [0.25, 0.3) is 27.5 Å². The van der Waals surface area contributed by atoms with Gasteiger partial charge in [0.15, 0.2) is 8.07 Å². The first-order valence-corrected chi connectivity index (χ1v) is 16.0. The molecule has 2 heterocycles. The Labute approximate surface area is 225 Å². The molecule has 0 spiro atoms. The first-order valence-electron chi connectivity index (χ1n) is 13.9. The monoisotopic (exact) mass is 508 g/mol. The second kappa shape index (κ2) is 9.73. The normalized spacial score (nSPS) is 18.9. The van der Waals surface area contributed by atoms with Crippen molar-refractivity contribution in [3.8, 4) is 0 Å². The van der Waals surface area contributed by atoms with E-state index < -0.39 is 8.07 Å². The van der Waals surface area contributed by atoms with E-state index in [1.807, 2.05) is 6.20 Å². The smallest absolute Gasteiger partial charge is 0.178 e. The zero-order chi connectivity index (χ0) is 25.4. The number of aromatic nitrogens is 2. The first kappa shape index (κ1) is 23.2. The molecule has 0 saturated heterocycles. The Morgan fingerprint density at radius 1 is 0.737 bits per heavy atom. The fourth-order valence-corrected chi connectivity index (χ4v) is 12.1. The predicted molar refractivity (Wildman–Crippen MR) is 164 cm³/mol. The van der Waals surface area contributed by atoms with Crippen LogP contribution in [0.2, 0.25) is 5.54 Å². The second-order valence-electron chi connectivity index (χ2n) is 10.6. The molecule has 2 aromatic heterocycles. The van der Waals surface area contributed by atoms with E-state index in [0.29, 0.717) is 5.54 Å². The van der Waals surface area contributed by atoms with Crippen LogP contribution in [0, 0.1) is 0 Å². The highest BCUT2D eigenvalue weighted by Gasteiger charge is 2.47. The molecule has 186 valence electrons. The lowest BCUT2D eigenvalue weighted by Gasteiger charge is -2.39. The molecule has 3 heteroatoms. The van der Waals surface area contributed by atoms with Crippen molar-refractivity contribution >= 4 is 51.3 Å². The molecule has 0 radical (unpaired) electrons. The first-order chi connectivity index (χ1) is 18.9. The molecule has 5 aromatic rings. The van der Waals surface area contributed by atoms with Crippen LogP contribution in [-0.2, 0) is 0 Å². The number of fused-ring (bicyclic) bond motifs is 3. The number of rotatable bonds is 5. The van der Waals surface area contributed by atoms with Crippen LogP contribution in [-0.4, -0.2) is 17.6 Å². The van der Waals surface area contributed by atoms with E-state index >= 15 is 0 Å². The number of nitrogens with zero attached hydrogens (tertiary/aromatic N) is 2. The molecule has 0 fully saturated rings. The van der Waals surface area contributed by atoms with Crippen molar-refractivity contribution in [3.05, 3.63) is 128 Å². The molecule has 2 nitrogen and oxygen atoms in total. The molecule has 3 aromatic carbocycles. The van der Waals surface area contributed by atoms with Gasteiger partial charge in [-0.05, 0) is 78.4 Å². The van der Waals surface area contributed by atoms with E-state index in [2.05, 4.69) is 126 Å². The summed E-state index contributed by atoms with van der Waals surface area (Å²) in [6.45, 7) is 0. The fourth-order valence-electron chi connectivity index (χ4n) is 6.85. The summed E-state index contributed by atoms with van der Waals surface area (Å²) in [6, 6.07) is 34.0. The summed E-state index contributed by atoms with van der Waals surface area (Å²) in [5, 5.41) is 6.80. The van der Waals surface area contributed by atoms with Crippen molar-refractivity contribution in [2.24, 2.45) is 0 Å². The van der Waals surface area contributed by atoms with Gasteiger partial charge in [-0.15, -0.1) is 0 Å². The van der Waals surface area contributed by atoms with Crippen molar-refractivity contribution in [2.75, 3.05) is 0 Å². The summed E-state index contributed by atoms with van der Waals surface area (Å²) < 4.78 is 2.52. The third kappa shape index (κ3) is 3.65. The van der Waals surface area contributed by atoms with Crippen molar-refractivity contribution in [1.82, 2.24) is 9.55 Å². The van der Waals surface area contributed by atoms with Gasteiger partial charge in [0, 0.05) is 28.0 Å². The minimum absolute atomic E-state index is 0.459. The molecule has 0 aliphatic heterocycles. The number of benzene rings is 3. The number of hydrogen-bond donors (Lipinski definition) is 0. The van der Waals surface area contributed by atoms with Crippen molar-refractivity contribution in [1.29, 1.82) is 0 Å². The van der Waals surface area contributed by atoms with Gasteiger partial charge in [0.25, 0.3) is 0 Å². The highest BCUT2D eigenvalue weighted by molar-refractivity contribution is 7.12. The molecule has 2 unspecified atom stereocenters. The highest BCUT2D eigenvalue weighted by atomic mass is 28.3. The Hall–Kier alpha value is -3.95. The molecule has 0 saturated carbocycles. The van der Waals surface area contributed by atoms with E-state index in [1.54, 1.807) is 0 Å². The largest absolute Gasteiger partial charge is 0.313 e. The van der Waals surface area contributed by atoms with E-state index in [1.165, 1.54) is 62.5 Å². The van der Waals surface area contributed by atoms with Gasteiger partial charge in [0.05, 0.1) is 11.0 Å². The molecule has 0 bridgehead atoms. The van der Waals surface area contributed by atoms with Gasteiger partial charge in [-0.2, -0.15) is 0 Å². The summed E-state index contributed by atoms with van der Waals surface area (Å²) in [6.07, 6.45) is 19.5. The van der Waals surface area contributed by atoms with Crippen molar-refractivity contribution in [2.45, 2.75) is 37.6 Å². The zero-order valence-electron chi connectivity index (χ0n) is 21.6. The molecule has 0 amide bonds. The summed E-state index contributed by atoms with van der Waals surface area (Å²) in [7, 11) is -2.51. The van der Waals surface area contributed by atoms with Gasteiger partial charge in [-0.25, -0.2) is 0 Å². The Kier molecular flexibility index (Phi) is 5.94. The Bertz CT molecular complexity index is 1650. The molecule has 2 atom stereocenters. The maximum absolute atomic E-state index is 5.11. The van der Waals surface area contributed by atoms with E-state index in [4.69, 9.17) is 4.98 Å². The van der Waals surface area contributed by atoms with E-state index in [-0.39, 0.29) is 0 Å². The van der Waals surface area contributed by atoms with Crippen LogP contribution >= 0.6 is 0 Å². The van der Waals surface area contributed by atoms with Crippen LogP contribution in [0.3, 0.4) is 0 Å². The number of allylic oxidation sites excluding steroid dienone is 6. The Balaban J connectivity index is 1.58. The Morgan fingerprint density at radius 2 is 1.58 bits per heavy atom. The van der Waals surface area contributed by atoms with Gasteiger partial charge < -0.3 is 4.57 Å². The third-order valence-corrected chi connectivity index (χ3v) is 13.7. The maximum atomic E-state index is 5.11. The van der Waals surface area contributed by atoms with Crippen molar-refractivity contribution in [3.63, 3.8) is 0 Å². The zero-order valence-corrected chi connectivity index (χ0v) is 22.6. The maximum Gasteiger partial charge on any atom is 0.178 e. The predicted octanol–water partition coefficient (Wildman–Crippen LogP) is 6.96.